The normalized spacial score (nSPS) is 15.6. The van der Waals surface area contributed by atoms with Gasteiger partial charge in [0.15, 0.2) is 5.82 Å². The Morgan fingerprint density at radius 3 is 2.83 bits per heavy atom. The van der Waals surface area contributed by atoms with Crippen LogP contribution in [0.3, 0.4) is 0 Å². The first-order valence-electron chi connectivity index (χ1n) is 8.77. The van der Waals surface area contributed by atoms with E-state index in [-0.39, 0.29) is 11.7 Å². The molecule has 1 unspecified atom stereocenters. The van der Waals surface area contributed by atoms with Gasteiger partial charge in [-0.1, -0.05) is 12.7 Å². The maximum atomic E-state index is 12.6. The monoisotopic (exact) mass is 408 g/mol. The third-order valence-corrected chi connectivity index (χ3v) is 4.52. The van der Waals surface area contributed by atoms with Gasteiger partial charge in [0.1, 0.15) is 11.7 Å². The molecule has 0 bridgehead atoms. The molecule has 0 spiro atoms. The Hall–Kier alpha value is -3.37. The van der Waals surface area contributed by atoms with Gasteiger partial charge in [0.25, 0.3) is 0 Å². The Kier molecular flexibility index (Phi) is 5.57. The Morgan fingerprint density at radius 1 is 1.41 bits per heavy atom. The van der Waals surface area contributed by atoms with Crippen molar-refractivity contribution in [1.29, 1.82) is 0 Å². The summed E-state index contributed by atoms with van der Waals surface area (Å²) in [5, 5.41) is 11.8. The molecule has 2 aromatic rings. The summed E-state index contributed by atoms with van der Waals surface area (Å²) < 4.78 is 39.2. The number of hydrogen-bond acceptors (Lipinski definition) is 4. The Balaban J connectivity index is 1.67. The summed E-state index contributed by atoms with van der Waals surface area (Å²) in [5.41, 5.74) is 0.599. The second kappa shape index (κ2) is 7.94. The number of H-pyrrole nitrogens is 1. The largest absolute Gasteiger partial charge is 0.432 e. The van der Waals surface area contributed by atoms with Crippen LogP contribution in [0, 0.1) is 0 Å². The summed E-state index contributed by atoms with van der Waals surface area (Å²) >= 11 is 0. The lowest BCUT2D eigenvalue weighted by Crippen LogP contribution is -2.34. The minimum absolute atomic E-state index is 0.159. The third kappa shape index (κ3) is 4.55. The molecule has 1 aliphatic rings. The van der Waals surface area contributed by atoms with Gasteiger partial charge in [-0.2, -0.15) is 23.4 Å². The van der Waals surface area contributed by atoms with E-state index in [0.717, 1.165) is 17.2 Å². The number of aromatic amines is 1. The topological polar surface area (TPSA) is 95.9 Å². The molecule has 2 aromatic heterocycles. The molecule has 0 radical (unpaired) electrons. The highest BCUT2D eigenvalue weighted by atomic mass is 19.4. The summed E-state index contributed by atoms with van der Waals surface area (Å²) in [6, 6.07) is -0.0677. The van der Waals surface area contributed by atoms with Gasteiger partial charge in [-0.15, -0.1) is 0 Å². The zero-order chi connectivity index (χ0) is 21.2. The summed E-state index contributed by atoms with van der Waals surface area (Å²) in [4.78, 5) is 25.8. The van der Waals surface area contributed by atoms with Crippen LogP contribution in [0.15, 0.2) is 37.2 Å². The predicted octanol–water partition coefficient (Wildman–Crippen LogP) is 2.63. The van der Waals surface area contributed by atoms with Gasteiger partial charge in [-0.25, -0.2) is 0 Å². The van der Waals surface area contributed by atoms with Crippen molar-refractivity contribution < 1.29 is 22.8 Å². The lowest BCUT2D eigenvalue weighted by molar-refractivity contribution is -0.141. The fourth-order valence-corrected chi connectivity index (χ4v) is 2.87. The van der Waals surface area contributed by atoms with E-state index in [2.05, 4.69) is 22.1 Å². The van der Waals surface area contributed by atoms with Gasteiger partial charge in [0, 0.05) is 30.9 Å². The molecule has 1 aliphatic heterocycles. The van der Waals surface area contributed by atoms with Crippen molar-refractivity contribution in [2.45, 2.75) is 25.6 Å². The van der Waals surface area contributed by atoms with E-state index < -0.39 is 23.8 Å². The molecule has 2 N–H and O–H groups in total. The van der Waals surface area contributed by atoms with Crippen molar-refractivity contribution >= 4 is 23.2 Å². The van der Waals surface area contributed by atoms with Crippen LogP contribution in [0.4, 0.5) is 19.0 Å². The molecule has 0 saturated carbocycles. The molecule has 0 fully saturated rings. The Bertz CT molecular complexity index is 959. The second-order valence-electron chi connectivity index (χ2n) is 6.52. The smallest absolute Gasteiger partial charge is 0.335 e. The van der Waals surface area contributed by atoms with Crippen LogP contribution in [0.25, 0.3) is 5.57 Å². The SMILES string of the molecule is C=CC(=O)N1CCC=C(c2cnn(C(C)C(=O)Nc3cc(C(F)(F)F)[nH]n3)c2)C1. The van der Waals surface area contributed by atoms with E-state index in [1.54, 1.807) is 24.2 Å². The van der Waals surface area contributed by atoms with E-state index in [9.17, 15) is 22.8 Å². The second-order valence-corrected chi connectivity index (χ2v) is 6.52. The van der Waals surface area contributed by atoms with Gasteiger partial charge < -0.3 is 10.2 Å². The number of rotatable bonds is 5. The van der Waals surface area contributed by atoms with Crippen molar-refractivity contribution in [3.05, 3.63) is 48.4 Å². The highest BCUT2D eigenvalue weighted by Gasteiger charge is 2.33. The van der Waals surface area contributed by atoms with E-state index in [4.69, 9.17) is 0 Å². The number of nitrogens with zero attached hydrogens (tertiary/aromatic N) is 4. The zero-order valence-corrected chi connectivity index (χ0v) is 15.5. The minimum Gasteiger partial charge on any atom is -0.335 e. The van der Waals surface area contributed by atoms with Crippen LogP contribution in [0.5, 0.6) is 0 Å². The van der Waals surface area contributed by atoms with Crippen LogP contribution in [-0.2, 0) is 15.8 Å². The number of alkyl halides is 3. The van der Waals surface area contributed by atoms with Gasteiger partial charge in [-0.3, -0.25) is 19.4 Å². The van der Waals surface area contributed by atoms with Crippen molar-refractivity contribution in [3.8, 4) is 0 Å². The van der Waals surface area contributed by atoms with Gasteiger partial charge >= 0.3 is 6.18 Å². The number of amides is 2. The number of halogens is 3. The quantitative estimate of drug-likeness (QED) is 0.744. The molecule has 1 atom stereocenters. The third-order valence-electron chi connectivity index (χ3n) is 4.52. The molecule has 29 heavy (non-hydrogen) atoms. The number of anilines is 1. The highest BCUT2D eigenvalue weighted by Crippen LogP contribution is 2.29. The maximum Gasteiger partial charge on any atom is 0.432 e. The molecule has 3 rings (SSSR count). The minimum atomic E-state index is -4.58. The van der Waals surface area contributed by atoms with Crippen molar-refractivity contribution in [3.63, 3.8) is 0 Å². The highest BCUT2D eigenvalue weighted by molar-refractivity contribution is 5.92. The van der Waals surface area contributed by atoms with Crippen molar-refractivity contribution in [2.24, 2.45) is 0 Å². The van der Waals surface area contributed by atoms with Gasteiger partial charge in [0.05, 0.1) is 6.20 Å². The summed E-state index contributed by atoms with van der Waals surface area (Å²) in [7, 11) is 0. The molecule has 3 heterocycles. The van der Waals surface area contributed by atoms with Crippen LogP contribution < -0.4 is 5.32 Å². The summed E-state index contributed by atoms with van der Waals surface area (Å²) in [6.45, 7) is 6.06. The maximum absolute atomic E-state index is 12.6. The Labute approximate surface area is 164 Å². The first-order chi connectivity index (χ1) is 13.7. The Morgan fingerprint density at radius 2 is 2.17 bits per heavy atom. The van der Waals surface area contributed by atoms with Crippen molar-refractivity contribution in [1.82, 2.24) is 24.9 Å². The molecule has 2 amide bonds. The first kappa shape index (κ1) is 20.4. The standard InChI is InChI=1S/C18H19F3N6O2/c1-3-16(28)26-6-4-5-12(9-26)13-8-22-27(10-13)11(2)17(29)23-15-7-14(24-25-15)18(19,20)21/h3,5,7-8,10-11H,1,4,6,9H2,2H3,(H2,23,24,25,29). The van der Waals surface area contributed by atoms with Crippen LogP contribution >= 0.6 is 0 Å². The average Bonchev–Trinajstić information content (AvgIpc) is 3.36. The van der Waals surface area contributed by atoms with Gasteiger partial charge in [-0.05, 0) is 25.0 Å². The summed E-state index contributed by atoms with van der Waals surface area (Å²) in [6.07, 6.45) is 2.61. The molecule has 11 heteroatoms. The number of carbonyl (C=O) groups excluding carboxylic acids is 2. The van der Waals surface area contributed by atoms with E-state index >= 15 is 0 Å². The van der Waals surface area contributed by atoms with Crippen molar-refractivity contribution in [2.75, 3.05) is 18.4 Å². The molecular formula is C18H19F3N6O2. The fraction of sp³-hybridized carbons (Fsp3) is 0.333. The van der Waals surface area contributed by atoms with Crippen LogP contribution in [0.1, 0.15) is 30.6 Å². The van der Waals surface area contributed by atoms with Crippen LogP contribution in [0.2, 0.25) is 0 Å². The summed E-state index contributed by atoms with van der Waals surface area (Å²) in [5.74, 6) is -0.955. The first-order valence-corrected chi connectivity index (χ1v) is 8.77. The zero-order valence-electron chi connectivity index (χ0n) is 15.5. The molecular weight excluding hydrogens is 389 g/mol. The molecule has 0 aromatic carbocycles. The van der Waals surface area contributed by atoms with E-state index in [1.807, 2.05) is 11.2 Å². The number of hydrogen-bond donors (Lipinski definition) is 2. The average molecular weight is 408 g/mol. The van der Waals surface area contributed by atoms with Gasteiger partial charge in [0.2, 0.25) is 11.8 Å². The molecule has 154 valence electrons. The molecule has 0 saturated heterocycles. The lowest BCUT2D eigenvalue weighted by atomic mass is 10.0. The number of carbonyl (C=O) groups is 2. The molecule has 8 nitrogen and oxygen atoms in total. The molecule has 0 aliphatic carbocycles. The number of nitrogens with one attached hydrogen (secondary N) is 2. The van der Waals surface area contributed by atoms with Crippen LogP contribution in [-0.4, -0.2) is 49.8 Å². The fourth-order valence-electron chi connectivity index (χ4n) is 2.87. The van der Waals surface area contributed by atoms with E-state index in [1.165, 1.54) is 10.8 Å². The predicted molar refractivity (Wildman–Crippen MR) is 98.5 cm³/mol. The van der Waals surface area contributed by atoms with E-state index in [0.29, 0.717) is 19.5 Å². The number of aromatic nitrogens is 4. The lowest BCUT2D eigenvalue weighted by Gasteiger charge is -2.26.